The number of amidine groups is 1. The molecule has 172 valence electrons. The highest BCUT2D eigenvalue weighted by atomic mass is 32.2. The summed E-state index contributed by atoms with van der Waals surface area (Å²) in [5.74, 6) is -2.02. The SMILES string of the molecule is N/C(=N/O)c1ccc(CC(C(=O)N2CCS(=O)(=O)CC2)c2cccc(C(F)(F)F)c2)nc1. The molecule has 2 heterocycles. The number of oxime groups is 1. The predicted molar refractivity (Wildman–Crippen MR) is 110 cm³/mol. The van der Waals surface area contributed by atoms with E-state index in [9.17, 15) is 26.4 Å². The number of benzene rings is 1. The first-order chi connectivity index (χ1) is 15.0. The fourth-order valence-corrected chi connectivity index (χ4v) is 4.60. The fourth-order valence-electron chi connectivity index (χ4n) is 3.40. The first-order valence-corrected chi connectivity index (χ1v) is 11.4. The number of amides is 1. The number of alkyl halides is 3. The third-order valence-electron chi connectivity index (χ3n) is 5.21. The highest BCUT2D eigenvalue weighted by Gasteiger charge is 2.34. The van der Waals surface area contributed by atoms with Crippen molar-refractivity contribution in [1.29, 1.82) is 0 Å². The van der Waals surface area contributed by atoms with Gasteiger partial charge in [-0.05, 0) is 23.8 Å². The van der Waals surface area contributed by atoms with Gasteiger partial charge in [-0.25, -0.2) is 8.42 Å². The van der Waals surface area contributed by atoms with Gasteiger partial charge in [-0.2, -0.15) is 13.2 Å². The van der Waals surface area contributed by atoms with E-state index < -0.39 is 33.4 Å². The highest BCUT2D eigenvalue weighted by Crippen LogP contribution is 2.32. The highest BCUT2D eigenvalue weighted by molar-refractivity contribution is 7.91. The number of carbonyl (C=O) groups is 1. The van der Waals surface area contributed by atoms with Crippen molar-refractivity contribution >= 4 is 21.6 Å². The number of aromatic nitrogens is 1. The first-order valence-electron chi connectivity index (χ1n) is 9.59. The second-order valence-corrected chi connectivity index (χ2v) is 9.68. The van der Waals surface area contributed by atoms with Crippen LogP contribution in [0.15, 0.2) is 47.8 Å². The summed E-state index contributed by atoms with van der Waals surface area (Å²) in [5.41, 5.74) is 5.51. The molecule has 0 saturated carbocycles. The lowest BCUT2D eigenvalue weighted by Crippen LogP contribution is -2.46. The average Bonchev–Trinajstić information content (AvgIpc) is 2.76. The number of hydrogen-bond acceptors (Lipinski definition) is 6. The minimum atomic E-state index is -4.58. The molecule has 1 amide bonds. The molecular formula is C20H21F3N4O4S. The second kappa shape index (κ2) is 9.15. The van der Waals surface area contributed by atoms with Crippen LogP contribution in [0, 0.1) is 0 Å². The minimum Gasteiger partial charge on any atom is -0.409 e. The molecule has 1 atom stereocenters. The number of rotatable bonds is 5. The fraction of sp³-hybridized carbons (Fsp3) is 0.350. The van der Waals surface area contributed by atoms with Crippen LogP contribution >= 0.6 is 0 Å². The zero-order chi connectivity index (χ0) is 23.5. The number of carbonyl (C=O) groups excluding carboxylic acids is 1. The van der Waals surface area contributed by atoms with Crippen molar-refractivity contribution in [3.8, 4) is 0 Å². The van der Waals surface area contributed by atoms with E-state index in [-0.39, 0.29) is 42.4 Å². The van der Waals surface area contributed by atoms with Gasteiger partial charge >= 0.3 is 6.18 Å². The Morgan fingerprint density at radius 2 is 1.91 bits per heavy atom. The molecule has 3 N–H and O–H groups in total. The summed E-state index contributed by atoms with van der Waals surface area (Å²) in [4.78, 5) is 18.8. The standard InChI is InChI=1S/C20H21F3N4O4S/c21-20(22,23)15-3-1-2-13(10-15)17(19(28)27-6-8-32(30,31)9-7-27)11-16-5-4-14(12-25-16)18(24)26-29/h1-5,10,12,17,29H,6-9,11H2,(H2,24,26). The molecule has 1 fully saturated rings. The largest absolute Gasteiger partial charge is 0.416 e. The van der Waals surface area contributed by atoms with Crippen LogP contribution < -0.4 is 5.73 Å². The Balaban J connectivity index is 1.93. The lowest BCUT2D eigenvalue weighted by atomic mass is 9.91. The number of nitrogens with zero attached hydrogens (tertiary/aromatic N) is 3. The monoisotopic (exact) mass is 470 g/mol. The van der Waals surface area contributed by atoms with Crippen molar-refractivity contribution in [2.45, 2.75) is 18.5 Å². The van der Waals surface area contributed by atoms with Crippen LogP contribution in [0.3, 0.4) is 0 Å². The number of nitrogens with two attached hydrogens (primary N) is 1. The van der Waals surface area contributed by atoms with Gasteiger partial charge in [0.05, 0.1) is 23.0 Å². The molecule has 0 bridgehead atoms. The predicted octanol–water partition coefficient (Wildman–Crippen LogP) is 1.78. The Labute approximate surface area is 182 Å². The van der Waals surface area contributed by atoms with Gasteiger partial charge in [0.1, 0.15) is 0 Å². The Morgan fingerprint density at radius 3 is 2.47 bits per heavy atom. The maximum Gasteiger partial charge on any atom is 0.416 e. The molecule has 0 radical (unpaired) electrons. The third kappa shape index (κ3) is 5.55. The Kier molecular flexibility index (Phi) is 6.72. The lowest BCUT2D eigenvalue weighted by molar-refractivity contribution is -0.138. The lowest BCUT2D eigenvalue weighted by Gasteiger charge is -2.30. The van der Waals surface area contributed by atoms with Crippen molar-refractivity contribution in [2.24, 2.45) is 10.9 Å². The van der Waals surface area contributed by atoms with Gasteiger partial charge in [0.2, 0.25) is 5.91 Å². The van der Waals surface area contributed by atoms with Gasteiger partial charge < -0.3 is 15.8 Å². The van der Waals surface area contributed by atoms with E-state index in [2.05, 4.69) is 10.1 Å². The van der Waals surface area contributed by atoms with Crippen molar-refractivity contribution in [2.75, 3.05) is 24.6 Å². The summed E-state index contributed by atoms with van der Waals surface area (Å²) in [5, 5.41) is 11.6. The first kappa shape index (κ1) is 23.5. The Bertz CT molecular complexity index is 1100. The van der Waals surface area contributed by atoms with Crippen LogP contribution in [-0.4, -0.2) is 59.8 Å². The van der Waals surface area contributed by atoms with Crippen molar-refractivity contribution in [1.82, 2.24) is 9.88 Å². The molecule has 0 aliphatic carbocycles. The van der Waals surface area contributed by atoms with E-state index in [1.54, 1.807) is 0 Å². The summed E-state index contributed by atoms with van der Waals surface area (Å²) in [6.45, 7) is -0.0427. The molecular weight excluding hydrogens is 449 g/mol. The van der Waals surface area contributed by atoms with Gasteiger partial charge in [0, 0.05) is 37.0 Å². The van der Waals surface area contributed by atoms with E-state index in [4.69, 9.17) is 10.9 Å². The van der Waals surface area contributed by atoms with Crippen LogP contribution in [0.1, 0.15) is 28.3 Å². The molecule has 3 rings (SSSR count). The van der Waals surface area contributed by atoms with Gasteiger partial charge in [0.25, 0.3) is 0 Å². The molecule has 1 aromatic heterocycles. The van der Waals surface area contributed by atoms with E-state index in [0.717, 1.165) is 12.1 Å². The zero-order valence-corrected chi connectivity index (χ0v) is 17.6. The second-order valence-electron chi connectivity index (χ2n) is 7.38. The van der Waals surface area contributed by atoms with Crippen LogP contribution in [0.25, 0.3) is 0 Å². The molecule has 1 unspecified atom stereocenters. The third-order valence-corrected chi connectivity index (χ3v) is 6.82. The number of pyridine rings is 1. The maximum absolute atomic E-state index is 13.2. The van der Waals surface area contributed by atoms with Crippen molar-refractivity contribution < 1.29 is 31.6 Å². The zero-order valence-electron chi connectivity index (χ0n) is 16.8. The molecule has 8 nitrogen and oxygen atoms in total. The summed E-state index contributed by atoms with van der Waals surface area (Å²) in [6, 6.07) is 7.55. The van der Waals surface area contributed by atoms with Crippen LogP contribution in [-0.2, 0) is 27.2 Å². The molecule has 1 aliphatic rings. The van der Waals surface area contributed by atoms with Crippen molar-refractivity contribution in [3.63, 3.8) is 0 Å². The number of sulfone groups is 1. The molecule has 32 heavy (non-hydrogen) atoms. The molecule has 0 spiro atoms. The van der Waals surface area contributed by atoms with E-state index in [1.807, 2.05) is 0 Å². The molecule has 1 aromatic carbocycles. The van der Waals surface area contributed by atoms with E-state index >= 15 is 0 Å². The smallest absolute Gasteiger partial charge is 0.409 e. The summed E-state index contributed by atoms with van der Waals surface area (Å²) in [7, 11) is -3.24. The topological polar surface area (TPSA) is 126 Å². The Hall–Kier alpha value is -3.15. The quantitative estimate of drug-likeness (QED) is 0.297. The summed E-state index contributed by atoms with van der Waals surface area (Å²) in [6.07, 6.45) is -3.27. The average molecular weight is 470 g/mol. The van der Waals surface area contributed by atoms with E-state index in [0.29, 0.717) is 11.3 Å². The van der Waals surface area contributed by atoms with Gasteiger partial charge in [-0.3, -0.25) is 9.78 Å². The molecule has 1 saturated heterocycles. The van der Waals surface area contributed by atoms with Gasteiger partial charge in [-0.1, -0.05) is 23.4 Å². The van der Waals surface area contributed by atoms with Gasteiger partial charge in [0.15, 0.2) is 15.7 Å². The normalized spacial score (nSPS) is 17.7. The molecule has 1 aliphatic heterocycles. The van der Waals surface area contributed by atoms with Crippen LogP contribution in [0.2, 0.25) is 0 Å². The van der Waals surface area contributed by atoms with Crippen molar-refractivity contribution in [3.05, 3.63) is 65.0 Å². The maximum atomic E-state index is 13.2. The van der Waals surface area contributed by atoms with Crippen LogP contribution in [0.4, 0.5) is 13.2 Å². The minimum absolute atomic E-state index is 0.0140. The summed E-state index contributed by atoms with van der Waals surface area (Å²) < 4.78 is 63.1. The Morgan fingerprint density at radius 1 is 1.22 bits per heavy atom. The summed E-state index contributed by atoms with van der Waals surface area (Å²) >= 11 is 0. The number of hydrogen-bond donors (Lipinski definition) is 2. The molecule has 2 aromatic rings. The molecule has 12 heteroatoms. The van der Waals surface area contributed by atoms with Crippen LogP contribution in [0.5, 0.6) is 0 Å². The van der Waals surface area contributed by atoms with Gasteiger partial charge in [-0.15, -0.1) is 0 Å². The number of halogens is 3. The van der Waals surface area contributed by atoms with E-state index in [1.165, 1.54) is 35.4 Å².